The summed E-state index contributed by atoms with van der Waals surface area (Å²) in [6.07, 6.45) is 0. The Morgan fingerprint density at radius 1 is 1.00 bits per heavy atom. The van der Waals surface area contributed by atoms with Gasteiger partial charge in [-0.05, 0) is 36.8 Å². The molecule has 0 amide bonds. The minimum absolute atomic E-state index is 0.0253. The summed E-state index contributed by atoms with van der Waals surface area (Å²) in [5.74, 6) is 1.30. The molecule has 0 fully saturated rings. The van der Waals surface area contributed by atoms with Crippen LogP contribution in [0.25, 0.3) is 0 Å². The first-order chi connectivity index (χ1) is 9.65. The monoisotopic (exact) mass is 332 g/mol. The number of benzene rings is 2. The maximum atomic E-state index is 12.5. The highest BCUT2D eigenvalue weighted by molar-refractivity contribution is 9.10. The number of halogens is 1. The SMILES string of the molecule is Cc1ccc(C(=O)c2ccc3c(c2)OCCO3)cc1Br. The van der Waals surface area contributed by atoms with E-state index in [9.17, 15) is 4.79 Å². The van der Waals surface area contributed by atoms with Crippen molar-refractivity contribution in [1.82, 2.24) is 0 Å². The molecule has 4 heteroatoms. The van der Waals surface area contributed by atoms with Crippen LogP contribution in [0.2, 0.25) is 0 Å². The molecule has 1 aliphatic heterocycles. The largest absolute Gasteiger partial charge is 0.486 e. The predicted molar refractivity (Wildman–Crippen MR) is 79.7 cm³/mol. The molecule has 20 heavy (non-hydrogen) atoms. The Morgan fingerprint density at radius 2 is 1.65 bits per heavy atom. The van der Waals surface area contributed by atoms with Gasteiger partial charge < -0.3 is 9.47 Å². The van der Waals surface area contributed by atoms with E-state index in [1.165, 1.54) is 0 Å². The zero-order valence-corrected chi connectivity index (χ0v) is 12.6. The minimum Gasteiger partial charge on any atom is -0.486 e. The number of ether oxygens (including phenoxy) is 2. The molecule has 0 atom stereocenters. The molecule has 1 aliphatic rings. The van der Waals surface area contributed by atoms with Crippen molar-refractivity contribution in [1.29, 1.82) is 0 Å². The molecule has 2 aromatic carbocycles. The average molecular weight is 333 g/mol. The number of hydrogen-bond donors (Lipinski definition) is 0. The standard InChI is InChI=1S/C16H13BrO3/c1-10-2-3-11(8-13(10)17)16(18)12-4-5-14-15(9-12)20-7-6-19-14/h2-5,8-9H,6-7H2,1H3. The van der Waals surface area contributed by atoms with Crippen molar-refractivity contribution in [3.8, 4) is 11.5 Å². The molecule has 0 N–H and O–H groups in total. The van der Waals surface area contributed by atoms with E-state index >= 15 is 0 Å². The lowest BCUT2D eigenvalue weighted by Gasteiger charge is -2.18. The first kappa shape index (κ1) is 13.2. The Bertz CT molecular complexity index is 679. The van der Waals surface area contributed by atoms with Crippen molar-refractivity contribution in [2.75, 3.05) is 13.2 Å². The van der Waals surface area contributed by atoms with Crippen LogP contribution in [0, 0.1) is 6.92 Å². The third kappa shape index (κ3) is 2.43. The highest BCUT2D eigenvalue weighted by atomic mass is 79.9. The second-order valence-electron chi connectivity index (χ2n) is 4.65. The van der Waals surface area contributed by atoms with E-state index < -0.39 is 0 Å². The highest BCUT2D eigenvalue weighted by Crippen LogP contribution is 2.31. The van der Waals surface area contributed by atoms with Gasteiger partial charge in [0.15, 0.2) is 17.3 Å². The summed E-state index contributed by atoms with van der Waals surface area (Å²) >= 11 is 3.45. The molecule has 0 spiro atoms. The van der Waals surface area contributed by atoms with Crippen LogP contribution >= 0.6 is 15.9 Å². The summed E-state index contributed by atoms with van der Waals surface area (Å²) in [5.41, 5.74) is 2.35. The fraction of sp³-hybridized carbons (Fsp3) is 0.188. The number of aryl methyl sites for hydroxylation is 1. The van der Waals surface area contributed by atoms with E-state index in [1.807, 2.05) is 25.1 Å². The summed E-state index contributed by atoms with van der Waals surface area (Å²) < 4.78 is 11.9. The van der Waals surface area contributed by atoms with Gasteiger partial charge in [0, 0.05) is 15.6 Å². The van der Waals surface area contributed by atoms with E-state index in [4.69, 9.17) is 9.47 Å². The maximum Gasteiger partial charge on any atom is 0.193 e. The Hall–Kier alpha value is -1.81. The first-order valence-corrected chi connectivity index (χ1v) is 7.15. The number of carbonyl (C=O) groups is 1. The predicted octanol–water partition coefficient (Wildman–Crippen LogP) is 3.76. The van der Waals surface area contributed by atoms with Crippen LogP contribution in [0.5, 0.6) is 11.5 Å². The lowest BCUT2D eigenvalue weighted by Crippen LogP contribution is -2.15. The van der Waals surface area contributed by atoms with Gasteiger partial charge in [-0.1, -0.05) is 28.1 Å². The fourth-order valence-electron chi connectivity index (χ4n) is 2.09. The third-order valence-corrected chi connectivity index (χ3v) is 4.09. The molecule has 0 bridgehead atoms. The van der Waals surface area contributed by atoms with Gasteiger partial charge in [0.1, 0.15) is 13.2 Å². The van der Waals surface area contributed by atoms with Crippen molar-refractivity contribution in [3.05, 3.63) is 57.6 Å². The number of fused-ring (bicyclic) bond motifs is 1. The van der Waals surface area contributed by atoms with Crippen molar-refractivity contribution in [3.63, 3.8) is 0 Å². The van der Waals surface area contributed by atoms with Gasteiger partial charge in [-0.25, -0.2) is 0 Å². The Morgan fingerprint density at radius 3 is 2.40 bits per heavy atom. The van der Waals surface area contributed by atoms with Crippen LogP contribution in [0.3, 0.4) is 0 Å². The van der Waals surface area contributed by atoms with Crippen LogP contribution in [0.4, 0.5) is 0 Å². The lowest BCUT2D eigenvalue weighted by molar-refractivity contribution is 0.103. The van der Waals surface area contributed by atoms with E-state index in [2.05, 4.69) is 15.9 Å². The summed E-state index contributed by atoms with van der Waals surface area (Å²) in [7, 11) is 0. The zero-order valence-electron chi connectivity index (χ0n) is 11.0. The molecular formula is C16H13BrO3. The van der Waals surface area contributed by atoms with Gasteiger partial charge >= 0.3 is 0 Å². The molecule has 3 nitrogen and oxygen atoms in total. The van der Waals surface area contributed by atoms with E-state index in [0.717, 1.165) is 10.0 Å². The smallest absolute Gasteiger partial charge is 0.193 e. The van der Waals surface area contributed by atoms with Gasteiger partial charge in [0.25, 0.3) is 0 Å². The van der Waals surface area contributed by atoms with Gasteiger partial charge in [0.05, 0.1) is 0 Å². The van der Waals surface area contributed by atoms with E-state index in [0.29, 0.717) is 35.8 Å². The van der Waals surface area contributed by atoms with Crippen molar-refractivity contribution >= 4 is 21.7 Å². The van der Waals surface area contributed by atoms with Crippen molar-refractivity contribution in [2.45, 2.75) is 6.92 Å². The molecule has 1 heterocycles. The molecule has 0 aromatic heterocycles. The van der Waals surface area contributed by atoms with Gasteiger partial charge in [-0.15, -0.1) is 0 Å². The second-order valence-corrected chi connectivity index (χ2v) is 5.51. The molecule has 0 saturated heterocycles. The second kappa shape index (κ2) is 5.29. The molecule has 0 radical (unpaired) electrons. The van der Waals surface area contributed by atoms with Crippen molar-refractivity contribution < 1.29 is 14.3 Å². The van der Waals surface area contributed by atoms with Crippen LogP contribution in [0.15, 0.2) is 40.9 Å². The Labute approximate surface area is 125 Å². The molecule has 3 rings (SSSR count). The highest BCUT2D eigenvalue weighted by Gasteiger charge is 2.16. The van der Waals surface area contributed by atoms with Gasteiger partial charge in [-0.2, -0.15) is 0 Å². The topological polar surface area (TPSA) is 35.5 Å². The van der Waals surface area contributed by atoms with Gasteiger partial charge in [-0.3, -0.25) is 4.79 Å². The van der Waals surface area contributed by atoms with Gasteiger partial charge in [0.2, 0.25) is 0 Å². The molecular weight excluding hydrogens is 320 g/mol. The number of carbonyl (C=O) groups excluding carboxylic acids is 1. The van der Waals surface area contributed by atoms with E-state index in [1.54, 1.807) is 18.2 Å². The Kier molecular flexibility index (Phi) is 3.49. The Balaban J connectivity index is 1.95. The molecule has 102 valence electrons. The molecule has 2 aromatic rings. The third-order valence-electron chi connectivity index (χ3n) is 3.24. The number of ketones is 1. The summed E-state index contributed by atoms with van der Waals surface area (Å²) in [5, 5.41) is 0. The summed E-state index contributed by atoms with van der Waals surface area (Å²) in [6.45, 7) is 3.05. The molecule has 0 saturated carbocycles. The van der Waals surface area contributed by atoms with Crippen molar-refractivity contribution in [2.24, 2.45) is 0 Å². The lowest BCUT2D eigenvalue weighted by atomic mass is 10.0. The summed E-state index contributed by atoms with van der Waals surface area (Å²) in [4.78, 5) is 12.5. The zero-order chi connectivity index (χ0) is 14.1. The minimum atomic E-state index is -0.0253. The quantitative estimate of drug-likeness (QED) is 0.785. The van der Waals surface area contributed by atoms with Crippen LogP contribution in [0.1, 0.15) is 21.5 Å². The van der Waals surface area contributed by atoms with Crippen LogP contribution in [-0.4, -0.2) is 19.0 Å². The number of hydrogen-bond acceptors (Lipinski definition) is 3. The fourth-order valence-corrected chi connectivity index (χ4v) is 2.46. The average Bonchev–Trinajstić information content (AvgIpc) is 2.49. The first-order valence-electron chi connectivity index (χ1n) is 6.35. The van der Waals surface area contributed by atoms with E-state index in [-0.39, 0.29) is 5.78 Å². The number of rotatable bonds is 2. The van der Waals surface area contributed by atoms with Crippen LogP contribution in [-0.2, 0) is 0 Å². The molecule has 0 unspecified atom stereocenters. The molecule has 0 aliphatic carbocycles. The summed E-state index contributed by atoms with van der Waals surface area (Å²) in [6, 6.07) is 10.9. The van der Waals surface area contributed by atoms with Crippen LogP contribution < -0.4 is 9.47 Å². The maximum absolute atomic E-state index is 12.5. The normalized spacial score (nSPS) is 13.1.